The van der Waals surface area contributed by atoms with Gasteiger partial charge in [-0.1, -0.05) is 42.5 Å². The first-order chi connectivity index (χ1) is 13.1. The number of nitrogens with zero attached hydrogens (tertiary/aromatic N) is 2. The number of halogens is 1. The minimum absolute atomic E-state index is 0.0293. The van der Waals surface area contributed by atoms with Gasteiger partial charge < -0.3 is 0 Å². The molecule has 5 heteroatoms. The average Bonchev–Trinajstić information content (AvgIpc) is 3.32. The summed E-state index contributed by atoms with van der Waals surface area (Å²) < 4.78 is 13.2. The molecule has 0 unspecified atom stereocenters. The topological polar surface area (TPSA) is 40.6 Å². The Morgan fingerprint density at radius 3 is 2.37 bits per heavy atom. The fraction of sp³-hybridized carbons (Fsp3) is 0.364. The van der Waals surface area contributed by atoms with E-state index in [1.54, 1.807) is 12.1 Å². The van der Waals surface area contributed by atoms with Gasteiger partial charge in [0.05, 0.1) is 18.4 Å². The molecule has 2 aromatic carbocycles. The van der Waals surface area contributed by atoms with Crippen molar-refractivity contribution in [3.63, 3.8) is 0 Å². The smallest absolute Gasteiger partial charge is 0.235 e. The van der Waals surface area contributed by atoms with E-state index in [-0.39, 0.29) is 48.1 Å². The number of fused-ring (bicyclic) bond motifs is 3. The average molecular weight is 364 g/mol. The van der Waals surface area contributed by atoms with Crippen LogP contribution in [0.2, 0.25) is 0 Å². The van der Waals surface area contributed by atoms with Gasteiger partial charge in [0.1, 0.15) is 5.82 Å². The van der Waals surface area contributed by atoms with Gasteiger partial charge in [-0.05, 0) is 42.6 Å². The predicted octanol–water partition coefficient (Wildman–Crippen LogP) is 3.15. The number of hydrogen-bond donors (Lipinski definition) is 0. The van der Waals surface area contributed by atoms with E-state index in [1.165, 1.54) is 17.0 Å². The molecule has 3 aliphatic heterocycles. The molecule has 2 aromatic rings. The van der Waals surface area contributed by atoms with Crippen LogP contribution in [0, 0.1) is 17.7 Å². The maximum atomic E-state index is 13.3. The van der Waals surface area contributed by atoms with Crippen molar-refractivity contribution in [2.45, 2.75) is 31.5 Å². The van der Waals surface area contributed by atoms with Crippen LogP contribution in [0.3, 0.4) is 0 Å². The zero-order chi connectivity index (χ0) is 18.5. The third-order valence-electron chi connectivity index (χ3n) is 6.34. The van der Waals surface area contributed by atoms with E-state index in [9.17, 15) is 14.0 Å². The molecule has 0 N–H and O–H groups in total. The summed E-state index contributed by atoms with van der Waals surface area (Å²) in [5, 5.41) is 0. The summed E-state index contributed by atoms with van der Waals surface area (Å²) in [4.78, 5) is 30.2. The van der Waals surface area contributed by atoms with Gasteiger partial charge >= 0.3 is 0 Å². The van der Waals surface area contributed by atoms with E-state index in [2.05, 4.69) is 17.0 Å². The molecule has 4 atom stereocenters. The second-order valence-corrected chi connectivity index (χ2v) is 7.74. The summed E-state index contributed by atoms with van der Waals surface area (Å²) in [7, 11) is 0. The van der Waals surface area contributed by atoms with E-state index in [4.69, 9.17) is 0 Å². The number of rotatable bonds is 3. The molecule has 0 saturated carbocycles. The minimum Gasteiger partial charge on any atom is -0.292 e. The van der Waals surface area contributed by atoms with Crippen LogP contribution >= 0.6 is 0 Å². The number of carbonyl (C=O) groups excluding carboxylic acids is 2. The maximum absolute atomic E-state index is 13.3. The Labute approximate surface area is 157 Å². The maximum Gasteiger partial charge on any atom is 0.235 e. The molecule has 0 aliphatic carbocycles. The number of benzene rings is 2. The first-order valence-corrected chi connectivity index (χ1v) is 9.55. The molecular weight excluding hydrogens is 343 g/mol. The van der Waals surface area contributed by atoms with Crippen LogP contribution in [-0.4, -0.2) is 34.2 Å². The lowest BCUT2D eigenvalue weighted by atomic mass is 9.85. The van der Waals surface area contributed by atoms with E-state index in [1.807, 2.05) is 18.2 Å². The molecule has 3 fully saturated rings. The highest BCUT2D eigenvalue weighted by molar-refractivity contribution is 6.06. The van der Waals surface area contributed by atoms with Crippen LogP contribution < -0.4 is 0 Å². The number of imide groups is 1. The van der Waals surface area contributed by atoms with Gasteiger partial charge in [0.15, 0.2) is 0 Å². The van der Waals surface area contributed by atoms with Crippen molar-refractivity contribution in [3.05, 3.63) is 71.5 Å². The molecule has 3 saturated heterocycles. The van der Waals surface area contributed by atoms with Crippen molar-refractivity contribution in [1.29, 1.82) is 0 Å². The van der Waals surface area contributed by atoms with Gasteiger partial charge in [0.25, 0.3) is 0 Å². The molecule has 0 bridgehead atoms. The summed E-state index contributed by atoms with van der Waals surface area (Å²) in [5.41, 5.74) is 1.89. The Bertz CT molecular complexity index is 883. The highest BCUT2D eigenvalue weighted by atomic mass is 19.1. The van der Waals surface area contributed by atoms with Gasteiger partial charge in [0, 0.05) is 12.1 Å². The summed E-state index contributed by atoms with van der Waals surface area (Å²) in [6.07, 6.45) is 2.03. The number of carbonyl (C=O) groups is 2. The van der Waals surface area contributed by atoms with Crippen LogP contribution in [0.4, 0.5) is 4.39 Å². The number of amides is 2. The second-order valence-electron chi connectivity index (χ2n) is 7.74. The monoisotopic (exact) mass is 364 g/mol. The predicted molar refractivity (Wildman–Crippen MR) is 97.8 cm³/mol. The van der Waals surface area contributed by atoms with Gasteiger partial charge in [-0.25, -0.2) is 4.39 Å². The van der Waals surface area contributed by atoms with Crippen LogP contribution in [0.15, 0.2) is 54.6 Å². The first-order valence-electron chi connectivity index (χ1n) is 9.55. The van der Waals surface area contributed by atoms with E-state index < -0.39 is 0 Å². The molecule has 5 rings (SSSR count). The quantitative estimate of drug-likeness (QED) is 0.786. The van der Waals surface area contributed by atoms with Crippen LogP contribution in [0.1, 0.15) is 30.0 Å². The second kappa shape index (κ2) is 6.27. The lowest BCUT2D eigenvalue weighted by molar-refractivity contribution is -0.142. The van der Waals surface area contributed by atoms with E-state index in [0.29, 0.717) is 0 Å². The minimum atomic E-state index is -0.319. The molecule has 0 aromatic heterocycles. The third kappa shape index (κ3) is 2.52. The van der Waals surface area contributed by atoms with Gasteiger partial charge in [-0.15, -0.1) is 0 Å². The lowest BCUT2D eigenvalue weighted by Gasteiger charge is -2.28. The Balaban J connectivity index is 1.49. The zero-order valence-electron chi connectivity index (χ0n) is 14.9. The molecule has 4 nitrogen and oxygen atoms in total. The SMILES string of the molecule is O=C1[C@@H]2[C@H](C(=O)N1Cc1ccc(F)cc1)[C@H](c1ccccc1)N1CCC[C@@H]21. The van der Waals surface area contributed by atoms with Gasteiger partial charge in [0.2, 0.25) is 11.8 Å². The molecule has 27 heavy (non-hydrogen) atoms. The molecule has 0 spiro atoms. The van der Waals surface area contributed by atoms with Crippen LogP contribution in [0.5, 0.6) is 0 Å². The van der Waals surface area contributed by atoms with Crippen molar-refractivity contribution in [2.24, 2.45) is 11.8 Å². The summed E-state index contributed by atoms with van der Waals surface area (Å²) in [6, 6.07) is 16.2. The summed E-state index contributed by atoms with van der Waals surface area (Å²) in [6.45, 7) is 1.16. The first kappa shape index (κ1) is 16.6. The number of likely N-dealkylation sites (tertiary alicyclic amines) is 1. The molecule has 3 aliphatic rings. The van der Waals surface area contributed by atoms with E-state index >= 15 is 0 Å². The van der Waals surface area contributed by atoms with Crippen molar-refractivity contribution < 1.29 is 14.0 Å². The normalized spacial score (nSPS) is 30.0. The fourth-order valence-corrected chi connectivity index (χ4v) is 5.24. The number of hydrogen-bond acceptors (Lipinski definition) is 3. The summed E-state index contributed by atoms with van der Waals surface area (Å²) >= 11 is 0. The Morgan fingerprint density at radius 2 is 1.63 bits per heavy atom. The van der Waals surface area contributed by atoms with Crippen LogP contribution in [0.25, 0.3) is 0 Å². The highest BCUT2D eigenvalue weighted by Gasteiger charge is 2.62. The third-order valence-corrected chi connectivity index (χ3v) is 6.34. The van der Waals surface area contributed by atoms with Crippen molar-refractivity contribution >= 4 is 11.8 Å². The Morgan fingerprint density at radius 1 is 0.926 bits per heavy atom. The van der Waals surface area contributed by atoms with E-state index in [0.717, 1.165) is 30.5 Å². The molecular formula is C22H21FN2O2. The molecule has 0 radical (unpaired) electrons. The van der Waals surface area contributed by atoms with Crippen LogP contribution in [-0.2, 0) is 16.1 Å². The van der Waals surface area contributed by atoms with Gasteiger partial charge in [-0.3, -0.25) is 19.4 Å². The van der Waals surface area contributed by atoms with Crippen molar-refractivity contribution in [1.82, 2.24) is 9.80 Å². The Kier molecular flexibility index (Phi) is 3.86. The standard InChI is InChI=1S/C22H21FN2O2/c23-16-10-8-14(9-11-16)13-25-21(26)18-17-7-4-12-24(17)20(19(18)22(25)27)15-5-2-1-3-6-15/h1-3,5-6,8-11,17-20H,4,7,12-13H2/t17-,18-,19-,20-/m0/s1. The lowest BCUT2D eigenvalue weighted by Crippen LogP contribution is -2.38. The zero-order valence-corrected chi connectivity index (χ0v) is 14.9. The van der Waals surface area contributed by atoms with Crippen molar-refractivity contribution in [3.8, 4) is 0 Å². The molecule has 3 heterocycles. The largest absolute Gasteiger partial charge is 0.292 e. The summed E-state index contributed by atoms with van der Waals surface area (Å²) in [5.74, 6) is -1.04. The molecule has 138 valence electrons. The molecule has 2 amide bonds. The van der Waals surface area contributed by atoms with Gasteiger partial charge in [-0.2, -0.15) is 0 Å². The Hall–Kier alpha value is -2.53. The highest BCUT2D eigenvalue weighted by Crippen LogP contribution is 2.53. The van der Waals surface area contributed by atoms with Crippen molar-refractivity contribution in [2.75, 3.05) is 6.54 Å². The fourth-order valence-electron chi connectivity index (χ4n) is 5.24.